The third-order valence-electron chi connectivity index (χ3n) is 0.462. The summed E-state index contributed by atoms with van der Waals surface area (Å²) in [5, 5.41) is 0. The van der Waals surface area contributed by atoms with Gasteiger partial charge in [0.25, 0.3) is 0 Å². The zero-order valence-electron chi connectivity index (χ0n) is 5.85. The van der Waals surface area contributed by atoms with Crippen LogP contribution in [0.2, 0.25) is 0 Å². The van der Waals surface area contributed by atoms with Gasteiger partial charge < -0.3 is 12.4 Å². The van der Waals surface area contributed by atoms with E-state index in [2.05, 4.69) is 0 Å². The first-order valence-electron chi connectivity index (χ1n) is 2.31. The van der Waals surface area contributed by atoms with Gasteiger partial charge in [-0.1, -0.05) is 0 Å². The van der Waals surface area contributed by atoms with Gasteiger partial charge in [0, 0.05) is 0 Å². The van der Waals surface area contributed by atoms with E-state index in [1.807, 2.05) is 45.4 Å². The fraction of sp³-hybridized carbons (Fsp3) is 1.00. The molecule has 0 atom stereocenters. The van der Waals surface area contributed by atoms with Crippen molar-refractivity contribution in [1.29, 1.82) is 0 Å². The van der Waals surface area contributed by atoms with E-state index in [1.54, 1.807) is 0 Å². The Morgan fingerprint density at radius 2 is 1.12 bits per heavy atom. The molecule has 0 saturated carbocycles. The molecule has 0 fully saturated rings. The Hall–Kier alpha value is 0.275. The first kappa shape index (κ1) is 11.1. The summed E-state index contributed by atoms with van der Waals surface area (Å²) in [5.74, 6) is 0. The fourth-order valence-corrected chi connectivity index (χ4v) is 0.462. The normalized spacial score (nSPS) is 8.75. The molecule has 0 unspecified atom stereocenters. The quantitative estimate of drug-likeness (QED) is 0.364. The van der Waals surface area contributed by atoms with Gasteiger partial charge in [0.05, 0.1) is 0 Å². The first-order valence-corrected chi connectivity index (χ1v) is 2.31. The summed E-state index contributed by atoms with van der Waals surface area (Å²) in [6.07, 6.45) is 0. The van der Waals surface area contributed by atoms with Crippen molar-refractivity contribution in [3.63, 3.8) is 0 Å². The van der Waals surface area contributed by atoms with Gasteiger partial charge >= 0.3 is 45.4 Å². The molecule has 0 aliphatic carbocycles. The summed E-state index contributed by atoms with van der Waals surface area (Å²) >= 11 is 0. The molecule has 0 amide bonds. The number of hydrogen-bond donors (Lipinski definition) is 0. The molecule has 0 bridgehead atoms. The van der Waals surface area contributed by atoms with Crippen LogP contribution >= 0.6 is 0 Å². The summed E-state index contributed by atoms with van der Waals surface area (Å²) in [6.45, 7) is 0. The van der Waals surface area contributed by atoms with Crippen molar-refractivity contribution >= 4 is 7.55 Å². The second kappa shape index (κ2) is 5.41. The zero-order chi connectivity index (χ0) is 5.86. The SMILES string of the molecule is CN(C)[B+]N(C)C.[Cl-]. The van der Waals surface area contributed by atoms with E-state index < -0.39 is 0 Å². The molecule has 0 aromatic carbocycles. The van der Waals surface area contributed by atoms with Gasteiger partial charge in [-0.05, 0) is 0 Å². The summed E-state index contributed by atoms with van der Waals surface area (Å²) in [4.78, 5) is 4.00. The maximum Gasteiger partial charge on any atom is -1.00 e. The van der Waals surface area contributed by atoms with Gasteiger partial charge in [0.1, 0.15) is 0 Å². The number of rotatable bonds is 2. The van der Waals surface area contributed by atoms with Crippen molar-refractivity contribution in [2.75, 3.05) is 28.2 Å². The summed E-state index contributed by atoms with van der Waals surface area (Å²) in [7, 11) is 10.0. The van der Waals surface area contributed by atoms with E-state index in [0.717, 1.165) is 0 Å². The number of halogens is 1. The van der Waals surface area contributed by atoms with Crippen LogP contribution in [0.25, 0.3) is 0 Å². The molecule has 0 aliphatic heterocycles. The smallest absolute Gasteiger partial charge is 1.00 e. The van der Waals surface area contributed by atoms with Crippen molar-refractivity contribution in [3.05, 3.63) is 0 Å². The molecule has 0 rings (SSSR count). The summed E-state index contributed by atoms with van der Waals surface area (Å²) in [6, 6.07) is 0. The Labute approximate surface area is 58.5 Å². The third-order valence-corrected chi connectivity index (χ3v) is 0.462. The third kappa shape index (κ3) is 9.55. The fourth-order valence-electron chi connectivity index (χ4n) is 0.462. The van der Waals surface area contributed by atoms with Crippen LogP contribution in [0.15, 0.2) is 0 Å². The summed E-state index contributed by atoms with van der Waals surface area (Å²) < 4.78 is 0. The van der Waals surface area contributed by atoms with Crippen molar-refractivity contribution in [2.45, 2.75) is 0 Å². The molecular formula is C4H12BClN2. The van der Waals surface area contributed by atoms with Crippen LogP contribution in [0.3, 0.4) is 0 Å². The van der Waals surface area contributed by atoms with Gasteiger partial charge in [-0.3, -0.25) is 0 Å². The molecule has 8 heavy (non-hydrogen) atoms. The molecule has 0 aromatic heterocycles. The first-order chi connectivity index (χ1) is 3.13. The van der Waals surface area contributed by atoms with Crippen LogP contribution in [0, 0.1) is 0 Å². The second-order valence-electron chi connectivity index (χ2n) is 2.04. The van der Waals surface area contributed by atoms with Gasteiger partial charge in [0.15, 0.2) is 0 Å². The zero-order valence-corrected chi connectivity index (χ0v) is 6.61. The predicted molar refractivity (Wildman–Crippen MR) is 33.1 cm³/mol. The molecule has 48 valence electrons. The molecule has 0 aromatic rings. The van der Waals surface area contributed by atoms with Crippen LogP contribution in [-0.2, 0) is 0 Å². The Bertz CT molecular complexity index is 43.3. The molecule has 4 heteroatoms. The van der Waals surface area contributed by atoms with Crippen LogP contribution in [-0.4, -0.2) is 45.4 Å². The van der Waals surface area contributed by atoms with Gasteiger partial charge in [-0.2, -0.15) is 0 Å². The molecule has 0 saturated heterocycles. The van der Waals surface area contributed by atoms with E-state index in [-0.39, 0.29) is 12.4 Å². The van der Waals surface area contributed by atoms with Crippen LogP contribution in [0.4, 0.5) is 0 Å². The van der Waals surface area contributed by atoms with Gasteiger partial charge in [0.2, 0.25) is 0 Å². The van der Waals surface area contributed by atoms with Crippen LogP contribution in [0.5, 0.6) is 0 Å². The predicted octanol–water partition coefficient (Wildman–Crippen LogP) is -3.35. The Balaban J connectivity index is 0. The molecule has 0 N–H and O–H groups in total. The van der Waals surface area contributed by atoms with Crippen LogP contribution < -0.4 is 12.4 Å². The maximum absolute atomic E-state index is 2.00. The van der Waals surface area contributed by atoms with Crippen molar-refractivity contribution in [2.24, 2.45) is 0 Å². The molecule has 2 nitrogen and oxygen atoms in total. The molecule has 0 spiro atoms. The summed E-state index contributed by atoms with van der Waals surface area (Å²) in [5.41, 5.74) is 0. The van der Waals surface area contributed by atoms with Crippen LogP contribution in [0.1, 0.15) is 0 Å². The van der Waals surface area contributed by atoms with Crippen molar-refractivity contribution in [1.82, 2.24) is 9.62 Å². The van der Waals surface area contributed by atoms with E-state index in [9.17, 15) is 0 Å². The molecule has 0 heterocycles. The minimum absolute atomic E-state index is 0. The van der Waals surface area contributed by atoms with Gasteiger partial charge in [-0.15, -0.1) is 0 Å². The average molecular weight is 134 g/mol. The standard InChI is InChI=1S/C4H12BN2.ClH/c1-6(2)5-7(3)4;/h1-4H3;1H/q+1;/p-1. The van der Waals surface area contributed by atoms with Gasteiger partial charge in [-0.25, -0.2) is 0 Å². The Morgan fingerprint density at radius 3 is 1.12 bits per heavy atom. The minimum Gasteiger partial charge on any atom is -1.00 e. The Morgan fingerprint density at radius 1 is 0.875 bits per heavy atom. The van der Waals surface area contributed by atoms with E-state index in [1.165, 1.54) is 0 Å². The van der Waals surface area contributed by atoms with E-state index in [4.69, 9.17) is 0 Å². The van der Waals surface area contributed by atoms with Crippen molar-refractivity contribution in [3.8, 4) is 0 Å². The Kier molecular flexibility index (Phi) is 7.52. The van der Waals surface area contributed by atoms with E-state index >= 15 is 0 Å². The number of nitrogens with zero attached hydrogens (tertiary/aromatic N) is 2. The molecular weight excluding hydrogens is 122 g/mol. The minimum atomic E-state index is 0. The van der Waals surface area contributed by atoms with Crippen molar-refractivity contribution < 1.29 is 12.4 Å². The number of hydrogen-bond acceptors (Lipinski definition) is 2. The van der Waals surface area contributed by atoms with E-state index in [0.29, 0.717) is 0 Å². The largest absolute Gasteiger partial charge is 1.00 e. The molecule has 0 aliphatic rings. The second-order valence-corrected chi connectivity index (χ2v) is 2.04. The maximum atomic E-state index is 2.00. The molecule has 0 radical (unpaired) electrons. The monoisotopic (exact) mass is 134 g/mol. The topological polar surface area (TPSA) is 6.48 Å². The average Bonchev–Trinajstić information content (AvgIpc) is 1.27.